The molecule has 0 fully saturated rings. The predicted molar refractivity (Wildman–Crippen MR) is 92.3 cm³/mol. The van der Waals surface area contributed by atoms with Crippen molar-refractivity contribution in [1.29, 1.82) is 0 Å². The SMILES string of the molecule is COc1cn(-c2ccccc2)nc1C(=O)N(C)Cc1ccc(F)c(F)c1. The highest BCUT2D eigenvalue weighted by Crippen LogP contribution is 2.21. The van der Waals surface area contributed by atoms with E-state index in [4.69, 9.17) is 4.74 Å². The first-order valence-electron chi connectivity index (χ1n) is 7.88. The first-order chi connectivity index (χ1) is 12.5. The molecule has 0 saturated heterocycles. The molecule has 1 aromatic heterocycles. The summed E-state index contributed by atoms with van der Waals surface area (Å²) in [6, 6.07) is 12.8. The lowest BCUT2D eigenvalue weighted by Gasteiger charge is -2.16. The van der Waals surface area contributed by atoms with Crippen LogP contribution in [0.5, 0.6) is 5.75 Å². The molecule has 0 atom stereocenters. The Morgan fingerprint density at radius 2 is 1.88 bits per heavy atom. The molecule has 3 aromatic rings. The van der Waals surface area contributed by atoms with Crippen LogP contribution in [0.3, 0.4) is 0 Å². The summed E-state index contributed by atoms with van der Waals surface area (Å²) in [5.41, 5.74) is 1.40. The predicted octanol–water partition coefficient (Wildman–Crippen LogP) is 3.43. The molecule has 5 nitrogen and oxygen atoms in total. The molecule has 0 aliphatic carbocycles. The van der Waals surface area contributed by atoms with Crippen LogP contribution in [-0.2, 0) is 6.54 Å². The van der Waals surface area contributed by atoms with Gasteiger partial charge < -0.3 is 9.64 Å². The number of amides is 1. The fourth-order valence-corrected chi connectivity index (χ4v) is 2.53. The van der Waals surface area contributed by atoms with Gasteiger partial charge in [0.15, 0.2) is 23.1 Å². The number of ether oxygens (including phenoxy) is 1. The molecule has 0 spiro atoms. The third-order valence-corrected chi connectivity index (χ3v) is 3.87. The van der Waals surface area contributed by atoms with E-state index in [1.165, 1.54) is 18.1 Å². The topological polar surface area (TPSA) is 47.4 Å². The molecular formula is C19H17F2N3O2. The number of hydrogen-bond donors (Lipinski definition) is 0. The first kappa shape index (κ1) is 17.6. The van der Waals surface area contributed by atoms with Gasteiger partial charge in [-0.2, -0.15) is 5.10 Å². The minimum Gasteiger partial charge on any atom is -0.493 e. The lowest BCUT2D eigenvalue weighted by atomic mass is 10.2. The van der Waals surface area contributed by atoms with Crippen molar-refractivity contribution < 1.29 is 18.3 Å². The van der Waals surface area contributed by atoms with E-state index < -0.39 is 11.6 Å². The van der Waals surface area contributed by atoms with Gasteiger partial charge in [0.25, 0.3) is 5.91 Å². The summed E-state index contributed by atoms with van der Waals surface area (Å²) in [6.07, 6.45) is 1.62. The van der Waals surface area contributed by atoms with E-state index in [0.717, 1.165) is 17.8 Å². The van der Waals surface area contributed by atoms with Crippen molar-refractivity contribution >= 4 is 5.91 Å². The van der Waals surface area contributed by atoms with Crippen LogP contribution in [0, 0.1) is 11.6 Å². The standard InChI is InChI=1S/C19H17F2N3O2/c1-23(11-13-8-9-15(20)16(21)10-13)19(25)18-17(26-2)12-24(22-18)14-6-4-3-5-7-14/h3-10,12H,11H2,1-2H3. The zero-order valence-corrected chi connectivity index (χ0v) is 14.3. The van der Waals surface area contributed by atoms with Crippen molar-refractivity contribution in [2.45, 2.75) is 6.54 Å². The van der Waals surface area contributed by atoms with Crippen LogP contribution in [0.1, 0.15) is 16.1 Å². The van der Waals surface area contributed by atoms with Crippen molar-refractivity contribution in [3.05, 3.63) is 77.6 Å². The number of rotatable bonds is 5. The van der Waals surface area contributed by atoms with Crippen LogP contribution in [0.15, 0.2) is 54.7 Å². The molecule has 0 saturated carbocycles. The van der Waals surface area contributed by atoms with Gasteiger partial charge in [0.05, 0.1) is 19.0 Å². The van der Waals surface area contributed by atoms with E-state index >= 15 is 0 Å². The molecule has 0 bridgehead atoms. The summed E-state index contributed by atoms with van der Waals surface area (Å²) in [5, 5.41) is 4.31. The molecule has 0 unspecified atom stereocenters. The van der Waals surface area contributed by atoms with Gasteiger partial charge in [-0.05, 0) is 29.8 Å². The van der Waals surface area contributed by atoms with Crippen molar-refractivity contribution in [1.82, 2.24) is 14.7 Å². The van der Waals surface area contributed by atoms with E-state index in [-0.39, 0.29) is 18.1 Å². The molecule has 1 amide bonds. The van der Waals surface area contributed by atoms with Gasteiger partial charge >= 0.3 is 0 Å². The Kier molecular flexibility index (Phi) is 4.97. The molecular weight excluding hydrogens is 340 g/mol. The van der Waals surface area contributed by atoms with E-state index in [0.29, 0.717) is 11.3 Å². The first-order valence-corrected chi connectivity index (χ1v) is 7.88. The fraction of sp³-hybridized carbons (Fsp3) is 0.158. The normalized spacial score (nSPS) is 10.6. The molecule has 134 valence electrons. The highest BCUT2D eigenvalue weighted by molar-refractivity contribution is 5.94. The highest BCUT2D eigenvalue weighted by atomic mass is 19.2. The van der Waals surface area contributed by atoms with Crippen molar-refractivity contribution in [3.63, 3.8) is 0 Å². The van der Waals surface area contributed by atoms with Crippen LogP contribution in [-0.4, -0.2) is 34.7 Å². The monoisotopic (exact) mass is 357 g/mol. The van der Waals surface area contributed by atoms with E-state index in [1.54, 1.807) is 17.9 Å². The quantitative estimate of drug-likeness (QED) is 0.703. The average molecular weight is 357 g/mol. The number of halogens is 2. The largest absolute Gasteiger partial charge is 0.493 e. The van der Waals surface area contributed by atoms with Crippen LogP contribution >= 0.6 is 0 Å². The van der Waals surface area contributed by atoms with Gasteiger partial charge in [-0.3, -0.25) is 4.79 Å². The second kappa shape index (κ2) is 7.35. The molecule has 0 radical (unpaired) electrons. The maximum atomic E-state index is 13.3. The maximum Gasteiger partial charge on any atom is 0.278 e. The molecule has 26 heavy (non-hydrogen) atoms. The number of nitrogens with zero attached hydrogens (tertiary/aromatic N) is 3. The van der Waals surface area contributed by atoms with Crippen molar-refractivity contribution in [2.75, 3.05) is 14.2 Å². The van der Waals surface area contributed by atoms with Gasteiger partial charge in [0.1, 0.15) is 0 Å². The summed E-state index contributed by atoms with van der Waals surface area (Å²) < 4.78 is 33.2. The summed E-state index contributed by atoms with van der Waals surface area (Å²) in [7, 11) is 3.02. The van der Waals surface area contributed by atoms with Crippen molar-refractivity contribution in [2.24, 2.45) is 0 Å². The zero-order chi connectivity index (χ0) is 18.7. The van der Waals surface area contributed by atoms with Crippen molar-refractivity contribution in [3.8, 4) is 11.4 Å². The average Bonchev–Trinajstić information content (AvgIpc) is 3.09. The molecule has 7 heteroatoms. The lowest BCUT2D eigenvalue weighted by Crippen LogP contribution is -2.27. The lowest BCUT2D eigenvalue weighted by molar-refractivity contribution is 0.0775. The van der Waals surface area contributed by atoms with Gasteiger partial charge in [-0.25, -0.2) is 13.5 Å². The van der Waals surface area contributed by atoms with E-state index in [9.17, 15) is 13.6 Å². The molecule has 0 aliphatic rings. The number of carbonyl (C=O) groups is 1. The second-order valence-electron chi connectivity index (χ2n) is 5.74. The van der Waals surface area contributed by atoms with Gasteiger partial charge in [-0.15, -0.1) is 0 Å². The van der Waals surface area contributed by atoms with Crippen LogP contribution in [0.4, 0.5) is 8.78 Å². The Hall–Kier alpha value is -3.22. The highest BCUT2D eigenvalue weighted by Gasteiger charge is 2.22. The summed E-state index contributed by atoms with van der Waals surface area (Å²) in [4.78, 5) is 14.1. The minimum atomic E-state index is -0.950. The summed E-state index contributed by atoms with van der Waals surface area (Å²) in [5.74, 6) is -1.93. The van der Waals surface area contributed by atoms with E-state index in [2.05, 4.69) is 5.10 Å². The van der Waals surface area contributed by atoms with E-state index in [1.807, 2.05) is 30.3 Å². The minimum absolute atomic E-state index is 0.109. The Morgan fingerprint density at radius 1 is 1.15 bits per heavy atom. The molecule has 2 aromatic carbocycles. The smallest absolute Gasteiger partial charge is 0.278 e. The number of carbonyl (C=O) groups excluding carboxylic acids is 1. The second-order valence-corrected chi connectivity index (χ2v) is 5.74. The van der Waals surface area contributed by atoms with Crippen LogP contribution in [0.2, 0.25) is 0 Å². The molecule has 0 N–H and O–H groups in total. The molecule has 0 aliphatic heterocycles. The zero-order valence-electron chi connectivity index (χ0n) is 14.3. The maximum absolute atomic E-state index is 13.3. The number of aromatic nitrogens is 2. The van der Waals surface area contributed by atoms with Gasteiger partial charge in [-0.1, -0.05) is 24.3 Å². The molecule has 1 heterocycles. The van der Waals surface area contributed by atoms with Crippen LogP contribution < -0.4 is 4.74 Å². The Labute approximate surface area is 149 Å². The van der Waals surface area contributed by atoms with Gasteiger partial charge in [0, 0.05) is 13.6 Å². The Morgan fingerprint density at radius 3 is 2.54 bits per heavy atom. The summed E-state index contributed by atoms with van der Waals surface area (Å²) in [6.45, 7) is 0.109. The number of para-hydroxylation sites is 1. The molecule has 3 rings (SSSR count). The number of methoxy groups -OCH3 is 1. The Balaban J connectivity index is 1.84. The Bertz CT molecular complexity index is 926. The summed E-state index contributed by atoms with van der Waals surface area (Å²) >= 11 is 0. The third kappa shape index (κ3) is 3.56. The fourth-order valence-electron chi connectivity index (χ4n) is 2.53. The number of benzene rings is 2. The van der Waals surface area contributed by atoms with Gasteiger partial charge in [0.2, 0.25) is 0 Å². The number of hydrogen-bond acceptors (Lipinski definition) is 3. The third-order valence-electron chi connectivity index (χ3n) is 3.87. The van der Waals surface area contributed by atoms with Crippen LogP contribution in [0.25, 0.3) is 5.69 Å².